The standard InChI is InChI=1S/C15H20ClFN2O4S/c1-18(10-15(20)21)12-3-2-7-19(8-6-12)24(22,23)14-5-4-11(17)9-13(14)16/h4-5,9,12H,2-3,6-8,10H2,1H3,(H,20,21). The van der Waals surface area contributed by atoms with E-state index in [1.807, 2.05) is 0 Å². The summed E-state index contributed by atoms with van der Waals surface area (Å²) < 4.78 is 40.0. The molecule has 1 aromatic carbocycles. The molecule has 1 atom stereocenters. The molecular weight excluding hydrogens is 359 g/mol. The molecule has 0 aromatic heterocycles. The van der Waals surface area contributed by atoms with Gasteiger partial charge < -0.3 is 5.11 Å². The molecule has 1 heterocycles. The fraction of sp³-hybridized carbons (Fsp3) is 0.533. The highest BCUT2D eigenvalue weighted by atomic mass is 35.5. The van der Waals surface area contributed by atoms with Crippen molar-refractivity contribution in [2.75, 3.05) is 26.7 Å². The molecule has 2 rings (SSSR count). The van der Waals surface area contributed by atoms with E-state index in [0.29, 0.717) is 25.8 Å². The van der Waals surface area contributed by atoms with Crippen molar-refractivity contribution in [3.05, 3.63) is 29.0 Å². The average Bonchev–Trinajstić information content (AvgIpc) is 2.72. The van der Waals surface area contributed by atoms with Crippen LogP contribution in [0.4, 0.5) is 4.39 Å². The smallest absolute Gasteiger partial charge is 0.317 e. The highest BCUT2D eigenvalue weighted by Crippen LogP contribution is 2.27. The van der Waals surface area contributed by atoms with Gasteiger partial charge in [-0.15, -0.1) is 0 Å². The SMILES string of the molecule is CN(CC(=O)O)C1CCCN(S(=O)(=O)c2ccc(F)cc2Cl)CC1. The Morgan fingerprint density at radius 2 is 2.12 bits per heavy atom. The van der Waals surface area contributed by atoms with Gasteiger partial charge in [-0.3, -0.25) is 9.69 Å². The van der Waals surface area contributed by atoms with Crippen LogP contribution in [0.2, 0.25) is 5.02 Å². The molecule has 1 unspecified atom stereocenters. The second-order valence-electron chi connectivity index (χ2n) is 5.87. The first-order chi connectivity index (χ1) is 11.2. The van der Waals surface area contributed by atoms with Crippen LogP contribution in [0.3, 0.4) is 0 Å². The number of rotatable bonds is 5. The van der Waals surface area contributed by atoms with E-state index in [2.05, 4.69) is 0 Å². The molecule has 0 spiro atoms. The van der Waals surface area contributed by atoms with Gasteiger partial charge in [0.1, 0.15) is 10.7 Å². The number of carboxylic acids is 1. The van der Waals surface area contributed by atoms with E-state index in [0.717, 1.165) is 12.1 Å². The van der Waals surface area contributed by atoms with Crippen LogP contribution in [0, 0.1) is 5.82 Å². The Labute approximate surface area is 145 Å². The number of sulfonamides is 1. The number of benzene rings is 1. The zero-order chi connectivity index (χ0) is 17.9. The van der Waals surface area contributed by atoms with Crippen LogP contribution in [-0.4, -0.2) is 61.4 Å². The van der Waals surface area contributed by atoms with Gasteiger partial charge in [0.05, 0.1) is 11.6 Å². The summed E-state index contributed by atoms with van der Waals surface area (Å²) in [4.78, 5) is 12.4. The van der Waals surface area contributed by atoms with Crippen LogP contribution in [0.25, 0.3) is 0 Å². The second-order valence-corrected chi connectivity index (χ2v) is 8.19. The van der Waals surface area contributed by atoms with Crippen molar-refractivity contribution in [3.63, 3.8) is 0 Å². The second kappa shape index (κ2) is 7.77. The van der Waals surface area contributed by atoms with Crippen molar-refractivity contribution in [2.45, 2.75) is 30.2 Å². The molecule has 1 fully saturated rings. The van der Waals surface area contributed by atoms with Gasteiger partial charge in [0.15, 0.2) is 0 Å². The number of hydrogen-bond acceptors (Lipinski definition) is 4. The van der Waals surface area contributed by atoms with Crippen LogP contribution < -0.4 is 0 Å². The molecule has 134 valence electrons. The lowest BCUT2D eigenvalue weighted by molar-refractivity contribution is -0.138. The van der Waals surface area contributed by atoms with Gasteiger partial charge in [0.25, 0.3) is 0 Å². The molecule has 1 aliphatic rings. The van der Waals surface area contributed by atoms with Gasteiger partial charge in [-0.05, 0) is 44.5 Å². The Bertz CT molecular complexity index is 713. The monoisotopic (exact) mass is 378 g/mol. The van der Waals surface area contributed by atoms with Crippen LogP contribution >= 0.6 is 11.6 Å². The van der Waals surface area contributed by atoms with Crippen molar-refractivity contribution in [1.29, 1.82) is 0 Å². The summed E-state index contributed by atoms with van der Waals surface area (Å²) in [7, 11) is -2.08. The van der Waals surface area contributed by atoms with Crippen LogP contribution in [-0.2, 0) is 14.8 Å². The highest BCUT2D eigenvalue weighted by Gasteiger charge is 2.30. The molecule has 0 bridgehead atoms. The first-order valence-corrected chi connectivity index (χ1v) is 9.41. The lowest BCUT2D eigenvalue weighted by Crippen LogP contribution is -2.37. The summed E-state index contributed by atoms with van der Waals surface area (Å²) in [5.41, 5.74) is 0. The molecule has 6 nitrogen and oxygen atoms in total. The highest BCUT2D eigenvalue weighted by molar-refractivity contribution is 7.89. The molecule has 1 aromatic rings. The number of aliphatic carboxylic acids is 1. The number of hydrogen-bond donors (Lipinski definition) is 1. The first kappa shape index (κ1) is 19.1. The summed E-state index contributed by atoms with van der Waals surface area (Å²) in [5, 5.41) is 8.73. The van der Waals surface area contributed by atoms with E-state index in [4.69, 9.17) is 16.7 Å². The summed E-state index contributed by atoms with van der Waals surface area (Å²) >= 11 is 5.89. The Kier molecular flexibility index (Phi) is 6.19. The van der Waals surface area contributed by atoms with Crippen LogP contribution in [0.15, 0.2) is 23.1 Å². The molecule has 0 amide bonds. The number of nitrogens with zero attached hydrogens (tertiary/aromatic N) is 2. The van der Waals surface area contributed by atoms with Gasteiger partial charge in [-0.25, -0.2) is 12.8 Å². The zero-order valence-corrected chi connectivity index (χ0v) is 14.9. The number of carbonyl (C=O) groups is 1. The fourth-order valence-corrected chi connectivity index (χ4v) is 4.90. The van der Waals surface area contributed by atoms with Crippen molar-refractivity contribution < 1.29 is 22.7 Å². The minimum absolute atomic E-state index is 0.00462. The quantitative estimate of drug-likeness (QED) is 0.848. The van der Waals surface area contributed by atoms with Crippen molar-refractivity contribution in [3.8, 4) is 0 Å². The number of carboxylic acid groups (broad SMARTS) is 1. The van der Waals surface area contributed by atoms with Gasteiger partial charge in [0, 0.05) is 19.1 Å². The van der Waals surface area contributed by atoms with E-state index in [9.17, 15) is 17.6 Å². The summed E-state index contributed by atoms with van der Waals surface area (Å²) in [5.74, 6) is -1.51. The largest absolute Gasteiger partial charge is 0.480 e. The van der Waals surface area contributed by atoms with Crippen molar-refractivity contribution >= 4 is 27.6 Å². The molecule has 1 N–H and O–H groups in total. The Hall–Kier alpha value is -1.22. The molecule has 0 aliphatic carbocycles. The van der Waals surface area contributed by atoms with Gasteiger partial charge in [0.2, 0.25) is 10.0 Å². The third-order valence-corrected chi connectivity index (χ3v) is 6.56. The minimum Gasteiger partial charge on any atom is -0.480 e. The maximum atomic E-state index is 13.1. The van der Waals surface area contributed by atoms with Crippen LogP contribution in [0.1, 0.15) is 19.3 Å². The maximum Gasteiger partial charge on any atom is 0.317 e. The zero-order valence-electron chi connectivity index (χ0n) is 13.3. The van der Waals surface area contributed by atoms with E-state index in [1.165, 1.54) is 10.4 Å². The van der Waals surface area contributed by atoms with Gasteiger partial charge >= 0.3 is 5.97 Å². The molecule has 24 heavy (non-hydrogen) atoms. The summed E-state index contributed by atoms with van der Waals surface area (Å²) in [6, 6.07) is 3.23. The number of halogens is 2. The van der Waals surface area contributed by atoms with E-state index < -0.39 is 21.8 Å². The van der Waals surface area contributed by atoms with E-state index in [1.54, 1.807) is 11.9 Å². The lowest BCUT2D eigenvalue weighted by Gasteiger charge is -2.25. The molecule has 9 heteroatoms. The van der Waals surface area contributed by atoms with Crippen molar-refractivity contribution in [2.24, 2.45) is 0 Å². The van der Waals surface area contributed by atoms with E-state index >= 15 is 0 Å². The molecule has 0 saturated carbocycles. The molecule has 1 saturated heterocycles. The Morgan fingerprint density at radius 1 is 1.42 bits per heavy atom. The Balaban J connectivity index is 2.14. The predicted molar refractivity (Wildman–Crippen MR) is 88.1 cm³/mol. The average molecular weight is 379 g/mol. The maximum absolute atomic E-state index is 13.1. The molecular formula is C15H20ClFN2O4S. The third-order valence-electron chi connectivity index (χ3n) is 4.18. The lowest BCUT2D eigenvalue weighted by atomic mass is 10.1. The van der Waals surface area contributed by atoms with Crippen LogP contribution in [0.5, 0.6) is 0 Å². The van der Waals surface area contributed by atoms with Crippen molar-refractivity contribution in [1.82, 2.24) is 9.21 Å². The Morgan fingerprint density at radius 3 is 2.75 bits per heavy atom. The number of likely N-dealkylation sites (N-methyl/N-ethyl adjacent to an activating group) is 1. The minimum atomic E-state index is -3.81. The van der Waals surface area contributed by atoms with Gasteiger partial charge in [-0.2, -0.15) is 4.31 Å². The van der Waals surface area contributed by atoms with Gasteiger partial charge in [-0.1, -0.05) is 11.6 Å². The van der Waals surface area contributed by atoms with E-state index in [-0.39, 0.29) is 29.0 Å². The fourth-order valence-electron chi connectivity index (χ4n) is 2.90. The summed E-state index contributed by atoms with van der Waals surface area (Å²) in [6.07, 6.45) is 1.86. The third kappa shape index (κ3) is 4.44. The predicted octanol–water partition coefficient (Wildman–Crippen LogP) is 2.04. The normalized spacial score (nSPS) is 20.1. The molecule has 1 aliphatic heterocycles. The molecule has 0 radical (unpaired) electrons. The summed E-state index contributed by atoms with van der Waals surface area (Å²) in [6.45, 7) is 0.513. The first-order valence-electron chi connectivity index (χ1n) is 7.59. The topological polar surface area (TPSA) is 77.9 Å².